The first-order valence-corrected chi connectivity index (χ1v) is 6.41. The maximum atomic E-state index is 9.65. The Balaban J connectivity index is 1.98. The summed E-state index contributed by atoms with van der Waals surface area (Å²) in [5, 5.41) is 9.65. The third-order valence-electron chi connectivity index (χ3n) is 2.55. The van der Waals surface area contributed by atoms with E-state index in [4.69, 9.17) is 10.5 Å². The van der Waals surface area contributed by atoms with E-state index in [2.05, 4.69) is 0 Å². The summed E-state index contributed by atoms with van der Waals surface area (Å²) in [4.78, 5) is 0. The number of thioether (sulfide) groups is 1. The van der Waals surface area contributed by atoms with Crippen LogP contribution in [0.5, 0.6) is 0 Å². The Hall–Kier alpha value is 0.230. The summed E-state index contributed by atoms with van der Waals surface area (Å²) in [6, 6.07) is 0. The zero-order valence-electron chi connectivity index (χ0n) is 8.87. The molecule has 2 atom stereocenters. The normalized spacial score (nSPS) is 26.4. The Labute approximate surface area is 90.4 Å². The standard InChI is InChI=1S/C10H21NO2S/c1-10(12,8-11)4-6-14-7-9-3-2-5-13-9/h9,12H,2-8,11H2,1H3. The number of ether oxygens (including phenoxy) is 1. The van der Waals surface area contributed by atoms with Crippen LogP contribution in [0.25, 0.3) is 0 Å². The minimum Gasteiger partial charge on any atom is -0.389 e. The van der Waals surface area contributed by atoms with E-state index in [1.54, 1.807) is 6.92 Å². The largest absolute Gasteiger partial charge is 0.389 e. The summed E-state index contributed by atoms with van der Waals surface area (Å²) in [5.41, 5.74) is 4.74. The molecule has 0 aromatic carbocycles. The first kappa shape index (κ1) is 12.3. The smallest absolute Gasteiger partial charge is 0.0749 e. The molecule has 1 saturated heterocycles. The van der Waals surface area contributed by atoms with Gasteiger partial charge in [-0.3, -0.25) is 0 Å². The van der Waals surface area contributed by atoms with Crippen molar-refractivity contribution in [3.05, 3.63) is 0 Å². The summed E-state index contributed by atoms with van der Waals surface area (Å²) in [7, 11) is 0. The van der Waals surface area contributed by atoms with E-state index in [-0.39, 0.29) is 0 Å². The fourth-order valence-corrected chi connectivity index (χ4v) is 2.66. The van der Waals surface area contributed by atoms with Gasteiger partial charge in [-0.15, -0.1) is 0 Å². The van der Waals surface area contributed by atoms with Crippen LogP contribution in [0.1, 0.15) is 26.2 Å². The van der Waals surface area contributed by atoms with Crippen molar-refractivity contribution in [2.45, 2.75) is 37.9 Å². The molecule has 3 nitrogen and oxygen atoms in total. The molecule has 0 saturated carbocycles. The number of hydrogen-bond acceptors (Lipinski definition) is 4. The molecule has 0 aliphatic carbocycles. The van der Waals surface area contributed by atoms with Crippen LogP contribution < -0.4 is 5.73 Å². The highest BCUT2D eigenvalue weighted by molar-refractivity contribution is 7.99. The molecule has 1 rings (SSSR count). The summed E-state index contributed by atoms with van der Waals surface area (Å²) in [6.45, 7) is 3.05. The van der Waals surface area contributed by atoms with Crippen molar-refractivity contribution in [1.29, 1.82) is 0 Å². The topological polar surface area (TPSA) is 55.5 Å². The number of aliphatic hydroxyl groups is 1. The van der Waals surface area contributed by atoms with Crippen LogP contribution in [0.2, 0.25) is 0 Å². The van der Waals surface area contributed by atoms with Gasteiger partial charge in [-0.2, -0.15) is 11.8 Å². The van der Waals surface area contributed by atoms with Gasteiger partial charge in [-0.25, -0.2) is 0 Å². The Kier molecular flexibility index (Phi) is 5.23. The Morgan fingerprint density at radius 1 is 1.64 bits per heavy atom. The lowest BCUT2D eigenvalue weighted by Crippen LogP contribution is -2.34. The lowest BCUT2D eigenvalue weighted by Gasteiger charge is -2.20. The molecule has 0 aromatic heterocycles. The van der Waals surface area contributed by atoms with Gasteiger partial charge in [0.05, 0.1) is 11.7 Å². The second-order valence-electron chi connectivity index (χ2n) is 4.16. The van der Waals surface area contributed by atoms with Crippen LogP contribution in [0, 0.1) is 0 Å². The van der Waals surface area contributed by atoms with E-state index < -0.39 is 5.60 Å². The minimum absolute atomic E-state index is 0.341. The quantitative estimate of drug-likeness (QED) is 0.654. The molecule has 1 aliphatic rings. The van der Waals surface area contributed by atoms with Gasteiger partial charge in [0.25, 0.3) is 0 Å². The summed E-state index contributed by atoms with van der Waals surface area (Å²) in [5.74, 6) is 2.02. The molecule has 0 spiro atoms. The maximum Gasteiger partial charge on any atom is 0.0749 e. The van der Waals surface area contributed by atoms with E-state index in [1.807, 2.05) is 11.8 Å². The summed E-state index contributed by atoms with van der Waals surface area (Å²) >= 11 is 1.85. The molecule has 3 N–H and O–H groups in total. The van der Waals surface area contributed by atoms with E-state index >= 15 is 0 Å². The molecule has 0 amide bonds. The molecule has 4 heteroatoms. The minimum atomic E-state index is -0.691. The Bertz CT molecular complexity index is 158. The van der Waals surface area contributed by atoms with Crippen LogP contribution in [0.15, 0.2) is 0 Å². The summed E-state index contributed by atoms with van der Waals surface area (Å²) in [6.07, 6.45) is 3.61. The third-order valence-corrected chi connectivity index (χ3v) is 3.65. The van der Waals surface area contributed by atoms with Crippen LogP contribution in [0.3, 0.4) is 0 Å². The second-order valence-corrected chi connectivity index (χ2v) is 5.31. The SMILES string of the molecule is CC(O)(CN)CCSCC1CCCO1. The Morgan fingerprint density at radius 3 is 3.00 bits per heavy atom. The molecule has 0 bridgehead atoms. The van der Waals surface area contributed by atoms with Gasteiger partial charge in [0.15, 0.2) is 0 Å². The average molecular weight is 219 g/mol. The molecule has 14 heavy (non-hydrogen) atoms. The van der Waals surface area contributed by atoms with Gasteiger partial charge in [0.1, 0.15) is 0 Å². The molecule has 0 aromatic rings. The fraction of sp³-hybridized carbons (Fsp3) is 1.00. The average Bonchev–Trinajstić information content (AvgIpc) is 2.65. The van der Waals surface area contributed by atoms with Crippen molar-refractivity contribution in [2.75, 3.05) is 24.7 Å². The van der Waals surface area contributed by atoms with Crippen molar-refractivity contribution >= 4 is 11.8 Å². The van der Waals surface area contributed by atoms with Crippen molar-refractivity contribution in [3.63, 3.8) is 0 Å². The van der Waals surface area contributed by atoms with Gasteiger partial charge >= 0.3 is 0 Å². The lowest BCUT2D eigenvalue weighted by molar-refractivity contribution is 0.0664. The second kappa shape index (κ2) is 5.95. The Morgan fingerprint density at radius 2 is 2.43 bits per heavy atom. The van der Waals surface area contributed by atoms with E-state index in [0.717, 1.165) is 24.5 Å². The van der Waals surface area contributed by atoms with Crippen molar-refractivity contribution in [2.24, 2.45) is 5.73 Å². The van der Waals surface area contributed by atoms with Crippen molar-refractivity contribution < 1.29 is 9.84 Å². The molecule has 1 aliphatic heterocycles. The first-order chi connectivity index (χ1) is 6.64. The number of hydrogen-bond donors (Lipinski definition) is 2. The van der Waals surface area contributed by atoms with Crippen LogP contribution in [-0.4, -0.2) is 41.5 Å². The highest BCUT2D eigenvalue weighted by Crippen LogP contribution is 2.19. The van der Waals surface area contributed by atoms with Crippen LogP contribution in [0.4, 0.5) is 0 Å². The van der Waals surface area contributed by atoms with Gasteiger partial charge in [-0.1, -0.05) is 0 Å². The van der Waals surface area contributed by atoms with Gasteiger partial charge in [-0.05, 0) is 31.9 Å². The van der Waals surface area contributed by atoms with E-state index in [1.165, 1.54) is 12.8 Å². The third kappa shape index (κ3) is 4.64. The molecule has 84 valence electrons. The highest BCUT2D eigenvalue weighted by atomic mass is 32.2. The first-order valence-electron chi connectivity index (χ1n) is 5.26. The fourth-order valence-electron chi connectivity index (χ4n) is 1.38. The molecule has 2 unspecified atom stereocenters. The molecular formula is C10H21NO2S. The number of rotatable bonds is 6. The zero-order chi connectivity index (χ0) is 10.4. The van der Waals surface area contributed by atoms with Crippen molar-refractivity contribution in [3.8, 4) is 0 Å². The molecule has 1 heterocycles. The molecular weight excluding hydrogens is 198 g/mol. The predicted molar refractivity (Wildman–Crippen MR) is 60.6 cm³/mol. The van der Waals surface area contributed by atoms with E-state index in [0.29, 0.717) is 12.6 Å². The monoisotopic (exact) mass is 219 g/mol. The summed E-state index contributed by atoms with van der Waals surface area (Å²) < 4.78 is 5.50. The molecule has 1 fully saturated rings. The predicted octanol–water partition coefficient (Wildman–Crippen LogP) is 0.998. The zero-order valence-corrected chi connectivity index (χ0v) is 9.68. The van der Waals surface area contributed by atoms with Crippen LogP contribution >= 0.6 is 11.8 Å². The highest BCUT2D eigenvalue weighted by Gasteiger charge is 2.19. The van der Waals surface area contributed by atoms with Crippen LogP contribution in [-0.2, 0) is 4.74 Å². The van der Waals surface area contributed by atoms with Gasteiger partial charge in [0.2, 0.25) is 0 Å². The van der Waals surface area contributed by atoms with Crippen molar-refractivity contribution in [1.82, 2.24) is 0 Å². The number of nitrogens with two attached hydrogens (primary N) is 1. The van der Waals surface area contributed by atoms with Gasteiger partial charge in [0, 0.05) is 18.9 Å². The molecule has 0 radical (unpaired) electrons. The van der Waals surface area contributed by atoms with E-state index in [9.17, 15) is 5.11 Å². The maximum absolute atomic E-state index is 9.65. The lowest BCUT2D eigenvalue weighted by atomic mass is 10.1. The van der Waals surface area contributed by atoms with Gasteiger partial charge < -0.3 is 15.6 Å².